The Morgan fingerprint density at radius 3 is 2.67 bits per heavy atom. The Morgan fingerprint density at radius 2 is 1.93 bits per heavy atom. The summed E-state index contributed by atoms with van der Waals surface area (Å²) >= 11 is 0. The van der Waals surface area contributed by atoms with Crippen LogP contribution in [0.5, 0.6) is 0 Å². The molecule has 7 heteroatoms. The Balaban J connectivity index is 1.48. The highest BCUT2D eigenvalue weighted by molar-refractivity contribution is 5.96. The van der Waals surface area contributed by atoms with E-state index >= 15 is 0 Å². The zero-order chi connectivity index (χ0) is 19.1. The SMILES string of the molecule is O=C(CNc1cccc(C(=O)NCC2CCCO2)c1)Nc1ccc(F)cc1. The first-order valence-corrected chi connectivity index (χ1v) is 8.89. The van der Waals surface area contributed by atoms with Crippen molar-refractivity contribution in [2.75, 3.05) is 30.3 Å². The molecule has 1 fully saturated rings. The van der Waals surface area contributed by atoms with Gasteiger partial charge < -0.3 is 20.7 Å². The molecule has 0 radical (unpaired) electrons. The maximum absolute atomic E-state index is 12.9. The molecule has 0 aromatic heterocycles. The van der Waals surface area contributed by atoms with Crippen molar-refractivity contribution in [3.63, 3.8) is 0 Å². The van der Waals surface area contributed by atoms with Gasteiger partial charge in [-0.3, -0.25) is 9.59 Å². The standard InChI is InChI=1S/C20H22FN3O3/c21-15-6-8-16(9-7-15)24-19(25)13-22-17-4-1-3-14(11-17)20(26)23-12-18-5-2-10-27-18/h1,3-4,6-9,11,18,22H,2,5,10,12-13H2,(H,23,26)(H,24,25). The Kier molecular flexibility index (Phi) is 6.38. The Morgan fingerprint density at radius 1 is 1.11 bits per heavy atom. The molecule has 0 spiro atoms. The van der Waals surface area contributed by atoms with Gasteiger partial charge in [-0.2, -0.15) is 0 Å². The largest absolute Gasteiger partial charge is 0.376 e. The van der Waals surface area contributed by atoms with E-state index in [-0.39, 0.29) is 30.3 Å². The van der Waals surface area contributed by atoms with Crippen LogP contribution < -0.4 is 16.0 Å². The first-order chi connectivity index (χ1) is 13.1. The minimum Gasteiger partial charge on any atom is -0.376 e. The van der Waals surface area contributed by atoms with E-state index in [4.69, 9.17) is 4.74 Å². The molecule has 1 aliphatic rings. The van der Waals surface area contributed by atoms with E-state index in [2.05, 4.69) is 16.0 Å². The third-order valence-corrected chi connectivity index (χ3v) is 4.22. The van der Waals surface area contributed by atoms with Crippen LogP contribution in [0.2, 0.25) is 0 Å². The number of nitrogens with one attached hydrogen (secondary N) is 3. The van der Waals surface area contributed by atoms with E-state index in [9.17, 15) is 14.0 Å². The fourth-order valence-corrected chi connectivity index (χ4v) is 2.81. The summed E-state index contributed by atoms with van der Waals surface area (Å²) < 4.78 is 18.4. The van der Waals surface area contributed by atoms with Crippen LogP contribution in [0.3, 0.4) is 0 Å². The van der Waals surface area contributed by atoms with E-state index in [1.165, 1.54) is 24.3 Å². The molecule has 1 atom stereocenters. The van der Waals surface area contributed by atoms with Gasteiger partial charge in [0.1, 0.15) is 5.82 Å². The second kappa shape index (κ2) is 9.14. The molecule has 1 heterocycles. The highest BCUT2D eigenvalue weighted by Gasteiger charge is 2.16. The normalized spacial score (nSPS) is 16.0. The molecule has 1 unspecified atom stereocenters. The number of hydrogen-bond donors (Lipinski definition) is 3. The van der Waals surface area contributed by atoms with Crippen molar-refractivity contribution < 1.29 is 18.7 Å². The van der Waals surface area contributed by atoms with E-state index in [1.54, 1.807) is 24.3 Å². The number of rotatable bonds is 7. The van der Waals surface area contributed by atoms with Gasteiger partial charge >= 0.3 is 0 Å². The van der Waals surface area contributed by atoms with Crippen molar-refractivity contribution in [2.45, 2.75) is 18.9 Å². The van der Waals surface area contributed by atoms with Gasteiger partial charge in [0.25, 0.3) is 5.91 Å². The molecule has 142 valence electrons. The molecule has 0 bridgehead atoms. The number of benzene rings is 2. The number of hydrogen-bond acceptors (Lipinski definition) is 4. The molecule has 2 aromatic carbocycles. The minimum atomic E-state index is -0.360. The number of carbonyl (C=O) groups excluding carboxylic acids is 2. The molecule has 3 N–H and O–H groups in total. The van der Waals surface area contributed by atoms with Crippen molar-refractivity contribution in [1.82, 2.24) is 5.32 Å². The van der Waals surface area contributed by atoms with Crippen molar-refractivity contribution in [1.29, 1.82) is 0 Å². The van der Waals surface area contributed by atoms with Gasteiger partial charge in [-0.25, -0.2) is 4.39 Å². The fourth-order valence-electron chi connectivity index (χ4n) is 2.81. The first kappa shape index (κ1) is 18.8. The van der Waals surface area contributed by atoms with Gasteiger partial charge in [-0.1, -0.05) is 6.07 Å². The third kappa shape index (κ3) is 5.79. The molecule has 2 amide bonds. The highest BCUT2D eigenvalue weighted by atomic mass is 19.1. The van der Waals surface area contributed by atoms with Crippen LogP contribution in [-0.4, -0.2) is 37.6 Å². The van der Waals surface area contributed by atoms with Gasteiger partial charge in [0, 0.05) is 30.1 Å². The fraction of sp³-hybridized carbons (Fsp3) is 0.300. The average Bonchev–Trinajstić information content (AvgIpc) is 3.20. The van der Waals surface area contributed by atoms with Gasteiger partial charge in [-0.15, -0.1) is 0 Å². The zero-order valence-electron chi connectivity index (χ0n) is 14.8. The molecule has 0 aliphatic carbocycles. The second-order valence-corrected chi connectivity index (χ2v) is 6.33. The van der Waals surface area contributed by atoms with Crippen LogP contribution in [0.4, 0.5) is 15.8 Å². The van der Waals surface area contributed by atoms with E-state index in [1.807, 2.05) is 0 Å². The highest BCUT2D eigenvalue weighted by Crippen LogP contribution is 2.13. The molecular formula is C20H22FN3O3. The zero-order valence-corrected chi connectivity index (χ0v) is 14.8. The topological polar surface area (TPSA) is 79.5 Å². The maximum Gasteiger partial charge on any atom is 0.251 e. The van der Waals surface area contributed by atoms with E-state index < -0.39 is 0 Å². The van der Waals surface area contributed by atoms with Crippen molar-refractivity contribution >= 4 is 23.2 Å². The van der Waals surface area contributed by atoms with Crippen LogP contribution in [0.1, 0.15) is 23.2 Å². The molecule has 27 heavy (non-hydrogen) atoms. The maximum atomic E-state index is 12.9. The number of halogens is 1. The van der Waals surface area contributed by atoms with E-state index in [0.29, 0.717) is 23.5 Å². The second-order valence-electron chi connectivity index (χ2n) is 6.33. The monoisotopic (exact) mass is 371 g/mol. The summed E-state index contributed by atoms with van der Waals surface area (Å²) in [5, 5.41) is 8.51. The third-order valence-electron chi connectivity index (χ3n) is 4.22. The van der Waals surface area contributed by atoms with Crippen molar-refractivity contribution in [2.24, 2.45) is 0 Å². The Bertz CT molecular complexity index is 789. The lowest BCUT2D eigenvalue weighted by molar-refractivity contribution is -0.114. The summed E-state index contributed by atoms with van der Waals surface area (Å²) in [6, 6.07) is 12.5. The lowest BCUT2D eigenvalue weighted by Crippen LogP contribution is -2.31. The molecule has 3 rings (SSSR count). The molecule has 0 saturated carbocycles. The summed E-state index contributed by atoms with van der Waals surface area (Å²) in [6.07, 6.45) is 2.08. The summed E-state index contributed by atoms with van der Waals surface area (Å²) in [7, 11) is 0. The summed E-state index contributed by atoms with van der Waals surface area (Å²) in [5.74, 6) is -0.805. The Hall–Kier alpha value is -2.93. The Labute approximate surface area is 157 Å². The molecule has 6 nitrogen and oxygen atoms in total. The van der Waals surface area contributed by atoms with Crippen LogP contribution >= 0.6 is 0 Å². The number of anilines is 2. The molecule has 1 saturated heterocycles. The van der Waals surface area contributed by atoms with E-state index in [0.717, 1.165) is 19.4 Å². The molecular weight excluding hydrogens is 349 g/mol. The van der Waals surface area contributed by atoms with Gasteiger partial charge in [0.05, 0.1) is 12.6 Å². The minimum absolute atomic E-state index is 0.0262. The summed E-state index contributed by atoms with van der Waals surface area (Å²) in [6.45, 7) is 1.27. The number of carbonyl (C=O) groups is 2. The van der Waals surface area contributed by atoms with Gasteiger partial charge in [-0.05, 0) is 55.3 Å². The van der Waals surface area contributed by atoms with Gasteiger partial charge in [0.15, 0.2) is 0 Å². The number of amides is 2. The smallest absolute Gasteiger partial charge is 0.251 e. The first-order valence-electron chi connectivity index (χ1n) is 8.89. The average molecular weight is 371 g/mol. The van der Waals surface area contributed by atoms with Crippen LogP contribution in [-0.2, 0) is 9.53 Å². The van der Waals surface area contributed by atoms with Crippen LogP contribution in [0, 0.1) is 5.82 Å². The lowest BCUT2D eigenvalue weighted by Gasteiger charge is -2.12. The van der Waals surface area contributed by atoms with Crippen molar-refractivity contribution in [3.05, 3.63) is 59.9 Å². The molecule has 1 aliphatic heterocycles. The van der Waals surface area contributed by atoms with Gasteiger partial charge in [0.2, 0.25) is 5.91 Å². The van der Waals surface area contributed by atoms with Crippen molar-refractivity contribution in [3.8, 4) is 0 Å². The van der Waals surface area contributed by atoms with Crippen LogP contribution in [0.25, 0.3) is 0 Å². The summed E-state index contributed by atoms with van der Waals surface area (Å²) in [5.41, 5.74) is 1.69. The predicted octanol–water partition coefficient (Wildman–Crippen LogP) is 2.79. The molecule has 2 aromatic rings. The number of ether oxygens (including phenoxy) is 1. The summed E-state index contributed by atoms with van der Waals surface area (Å²) in [4.78, 5) is 24.2. The quantitative estimate of drug-likeness (QED) is 0.699. The van der Waals surface area contributed by atoms with Crippen LogP contribution in [0.15, 0.2) is 48.5 Å². The lowest BCUT2D eigenvalue weighted by atomic mass is 10.1. The predicted molar refractivity (Wildman–Crippen MR) is 101 cm³/mol.